The quantitative estimate of drug-likeness (QED) is 0.821. The molecule has 0 saturated carbocycles. The number of carbonyl (C=O) groups is 1. The molecular formula is C16H21N3O. The molecule has 0 fully saturated rings. The number of hydrogen-bond donors (Lipinski definition) is 2. The van der Waals surface area contributed by atoms with E-state index in [0.717, 1.165) is 12.1 Å². The number of nitrogens with two attached hydrogens (primary N) is 1. The third-order valence-corrected chi connectivity index (χ3v) is 3.25. The zero-order valence-corrected chi connectivity index (χ0v) is 12.0. The lowest BCUT2D eigenvalue weighted by Crippen LogP contribution is -2.28. The third-order valence-electron chi connectivity index (χ3n) is 3.25. The number of aromatic nitrogens is 1. The Kier molecular flexibility index (Phi) is 4.45. The molecule has 4 nitrogen and oxygen atoms in total. The van der Waals surface area contributed by atoms with Crippen LogP contribution in [0.2, 0.25) is 0 Å². The maximum atomic E-state index is 12.1. The van der Waals surface area contributed by atoms with Crippen molar-refractivity contribution in [3.8, 4) is 0 Å². The summed E-state index contributed by atoms with van der Waals surface area (Å²) in [4.78, 5) is 12.1. The van der Waals surface area contributed by atoms with Crippen molar-refractivity contribution in [3.63, 3.8) is 0 Å². The van der Waals surface area contributed by atoms with Crippen molar-refractivity contribution < 1.29 is 4.79 Å². The van der Waals surface area contributed by atoms with E-state index in [0.29, 0.717) is 12.2 Å². The molecule has 0 atom stereocenters. The summed E-state index contributed by atoms with van der Waals surface area (Å²) in [6.07, 6.45) is 2.73. The topological polar surface area (TPSA) is 60.0 Å². The molecule has 0 radical (unpaired) electrons. The number of nitrogens with one attached hydrogen (secondary N) is 1. The zero-order chi connectivity index (χ0) is 14.5. The molecule has 106 valence electrons. The third kappa shape index (κ3) is 3.41. The molecule has 0 aliphatic rings. The molecule has 1 amide bonds. The summed E-state index contributed by atoms with van der Waals surface area (Å²) in [5.74, 6) is -0.0286. The largest absolute Gasteiger partial charge is 0.399 e. The molecule has 1 heterocycles. The second-order valence-electron chi connectivity index (χ2n) is 5.14. The van der Waals surface area contributed by atoms with Crippen LogP contribution in [0.5, 0.6) is 0 Å². The van der Waals surface area contributed by atoms with E-state index in [-0.39, 0.29) is 11.9 Å². The Morgan fingerprint density at radius 1 is 1.25 bits per heavy atom. The van der Waals surface area contributed by atoms with Gasteiger partial charge in [0, 0.05) is 24.5 Å². The average molecular weight is 271 g/mol. The maximum absolute atomic E-state index is 12.1. The van der Waals surface area contributed by atoms with Crippen molar-refractivity contribution in [1.82, 2.24) is 9.88 Å². The van der Waals surface area contributed by atoms with Crippen molar-refractivity contribution in [1.29, 1.82) is 0 Å². The van der Waals surface area contributed by atoms with Crippen LogP contribution in [0.15, 0.2) is 42.6 Å². The van der Waals surface area contributed by atoms with Crippen molar-refractivity contribution in [2.75, 3.05) is 12.3 Å². The summed E-state index contributed by atoms with van der Waals surface area (Å²) >= 11 is 0. The standard InChI is InChI=1S/C16H21N3O/c1-12(2)19-11-3-4-15(19)16(20)18-10-9-13-5-7-14(17)8-6-13/h3-8,11-12H,9-10,17H2,1-2H3,(H,18,20). The number of carbonyl (C=O) groups excluding carboxylic acids is 1. The first kappa shape index (κ1) is 14.2. The van der Waals surface area contributed by atoms with Crippen LogP contribution in [0.25, 0.3) is 0 Å². The van der Waals surface area contributed by atoms with Crippen LogP contribution in [0.4, 0.5) is 5.69 Å². The van der Waals surface area contributed by atoms with E-state index < -0.39 is 0 Å². The number of amides is 1. The highest BCUT2D eigenvalue weighted by molar-refractivity contribution is 5.92. The number of anilines is 1. The Labute approximate surface area is 119 Å². The number of nitrogen functional groups attached to an aromatic ring is 1. The summed E-state index contributed by atoms with van der Waals surface area (Å²) in [6, 6.07) is 11.7. The fraction of sp³-hybridized carbons (Fsp3) is 0.312. The second kappa shape index (κ2) is 6.28. The van der Waals surface area contributed by atoms with Gasteiger partial charge in [-0.05, 0) is 50.1 Å². The zero-order valence-electron chi connectivity index (χ0n) is 12.0. The highest BCUT2D eigenvalue weighted by atomic mass is 16.1. The maximum Gasteiger partial charge on any atom is 0.267 e. The summed E-state index contributed by atoms with van der Waals surface area (Å²) in [5.41, 5.74) is 8.27. The predicted octanol–water partition coefficient (Wildman–Crippen LogP) is 2.62. The molecule has 0 spiro atoms. The van der Waals surface area contributed by atoms with Gasteiger partial charge in [-0.25, -0.2) is 0 Å². The molecule has 0 unspecified atom stereocenters. The van der Waals surface area contributed by atoms with E-state index >= 15 is 0 Å². The average Bonchev–Trinajstić information content (AvgIpc) is 2.90. The molecule has 20 heavy (non-hydrogen) atoms. The molecule has 0 bridgehead atoms. The van der Waals surface area contributed by atoms with Gasteiger partial charge in [0.2, 0.25) is 0 Å². The lowest BCUT2D eigenvalue weighted by molar-refractivity contribution is 0.0943. The van der Waals surface area contributed by atoms with E-state index in [4.69, 9.17) is 5.73 Å². The Hall–Kier alpha value is -2.23. The Balaban J connectivity index is 1.89. The smallest absolute Gasteiger partial charge is 0.267 e. The van der Waals surface area contributed by atoms with Crippen molar-refractivity contribution >= 4 is 11.6 Å². The summed E-state index contributed by atoms with van der Waals surface area (Å²) in [7, 11) is 0. The van der Waals surface area contributed by atoms with Crippen LogP contribution >= 0.6 is 0 Å². The van der Waals surface area contributed by atoms with E-state index in [1.807, 2.05) is 47.2 Å². The second-order valence-corrected chi connectivity index (χ2v) is 5.14. The first-order chi connectivity index (χ1) is 9.58. The molecule has 0 saturated heterocycles. The first-order valence-corrected chi connectivity index (χ1v) is 6.87. The van der Waals surface area contributed by atoms with Gasteiger partial charge in [-0.3, -0.25) is 4.79 Å². The van der Waals surface area contributed by atoms with Crippen LogP contribution in [0, 0.1) is 0 Å². The van der Waals surface area contributed by atoms with Gasteiger partial charge in [0.15, 0.2) is 0 Å². The molecule has 2 rings (SSSR count). The van der Waals surface area contributed by atoms with Gasteiger partial charge in [0.05, 0.1) is 0 Å². The fourth-order valence-corrected chi connectivity index (χ4v) is 2.13. The molecule has 1 aromatic heterocycles. The summed E-state index contributed by atoms with van der Waals surface area (Å²) < 4.78 is 1.97. The minimum atomic E-state index is -0.0286. The molecule has 0 aliphatic carbocycles. The molecular weight excluding hydrogens is 250 g/mol. The van der Waals surface area contributed by atoms with E-state index in [9.17, 15) is 4.79 Å². The summed E-state index contributed by atoms with van der Waals surface area (Å²) in [5, 5.41) is 2.95. The lowest BCUT2D eigenvalue weighted by atomic mass is 10.1. The van der Waals surface area contributed by atoms with Gasteiger partial charge in [0.25, 0.3) is 5.91 Å². The van der Waals surface area contributed by atoms with Gasteiger partial charge in [-0.2, -0.15) is 0 Å². The highest BCUT2D eigenvalue weighted by Gasteiger charge is 2.11. The number of benzene rings is 1. The number of rotatable bonds is 5. The monoisotopic (exact) mass is 271 g/mol. The fourth-order valence-electron chi connectivity index (χ4n) is 2.13. The Bertz CT molecular complexity index is 570. The first-order valence-electron chi connectivity index (χ1n) is 6.87. The molecule has 2 aromatic rings. The number of hydrogen-bond acceptors (Lipinski definition) is 2. The Morgan fingerprint density at radius 3 is 2.60 bits per heavy atom. The van der Waals surface area contributed by atoms with Crippen LogP contribution < -0.4 is 11.1 Å². The summed E-state index contributed by atoms with van der Waals surface area (Å²) in [6.45, 7) is 4.74. The van der Waals surface area contributed by atoms with Crippen molar-refractivity contribution in [2.24, 2.45) is 0 Å². The van der Waals surface area contributed by atoms with Crippen LogP contribution in [-0.4, -0.2) is 17.0 Å². The van der Waals surface area contributed by atoms with Gasteiger partial charge in [-0.15, -0.1) is 0 Å². The minimum absolute atomic E-state index is 0.0286. The molecule has 0 aliphatic heterocycles. The highest BCUT2D eigenvalue weighted by Crippen LogP contribution is 2.10. The van der Waals surface area contributed by atoms with Crippen LogP contribution in [0.1, 0.15) is 35.9 Å². The van der Waals surface area contributed by atoms with Gasteiger partial charge in [0.1, 0.15) is 5.69 Å². The molecule has 1 aromatic carbocycles. The van der Waals surface area contributed by atoms with Gasteiger partial charge in [-0.1, -0.05) is 12.1 Å². The van der Waals surface area contributed by atoms with Gasteiger partial charge < -0.3 is 15.6 Å². The molecule has 3 N–H and O–H groups in total. The Morgan fingerprint density at radius 2 is 1.95 bits per heavy atom. The lowest BCUT2D eigenvalue weighted by Gasteiger charge is -2.12. The molecule has 4 heteroatoms. The number of nitrogens with zero attached hydrogens (tertiary/aromatic N) is 1. The van der Waals surface area contributed by atoms with Crippen LogP contribution in [-0.2, 0) is 6.42 Å². The normalized spacial score (nSPS) is 10.8. The SMILES string of the molecule is CC(C)n1cccc1C(=O)NCCc1ccc(N)cc1. The van der Waals surface area contributed by atoms with Crippen LogP contribution in [0.3, 0.4) is 0 Å². The van der Waals surface area contributed by atoms with E-state index in [1.165, 1.54) is 5.56 Å². The van der Waals surface area contributed by atoms with Crippen molar-refractivity contribution in [3.05, 3.63) is 53.9 Å². The van der Waals surface area contributed by atoms with Crippen molar-refractivity contribution in [2.45, 2.75) is 26.3 Å². The van der Waals surface area contributed by atoms with E-state index in [2.05, 4.69) is 19.2 Å². The van der Waals surface area contributed by atoms with E-state index in [1.54, 1.807) is 0 Å². The minimum Gasteiger partial charge on any atom is -0.399 e. The predicted molar refractivity (Wildman–Crippen MR) is 81.7 cm³/mol. The van der Waals surface area contributed by atoms with Gasteiger partial charge >= 0.3 is 0 Å².